The molecule has 1 amide bonds. The zero-order valence-electron chi connectivity index (χ0n) is 12.4. The molecule has 0 saturated carbocycles. The van der Waals surface area contributed by atoms with Crippen molar-refractivity contribution in [2.75, 3.05) is 32.4 Å². The summed E-state index contributed by atoms with van der Waals surface area (Å²) in [6.07, 6.45) is 2.31. The number of nitrogens with two attached hydrogens (primary N) is 1. The predicted octanol–water partition coefficient (Wildman–Crippen LogP) is 3.13. The van der Waals surface area contributed by atoms with E-state index >= 15 is 0 Å². The highest BCUT2D eigenvalue weighted by Gasteiger charge is 2.26. The number of halogens is 2. The second-order valence-electron chi connectivity index (χ2n) is 5.47. The third-order valence-electron chi connectivity index (χ3n) is 4.02. The first-order valence-corrected chi connectivity index (χ1v) is 7.93. The minimum Gasteiger partial charge on any atom is -0.399 e. The molecule has 0 radical (unpaired) electrons. The summed E-state index contributed by atoms with van der Waals surface area (Å²) in [4.78, 5) is 16.7. The number of hydrogen-bond acceptors (Lipinski definition) is 3. The first-order valence-electron chi connectivity index (χ1n) is 7.18. The van der Waals surface area contributed by atoms with Gasteiger partial charge in [0.25, 0.3) is 5.91 Å². The van der Waals surface area contributed by atoms with Crippen LogP contribution < -0.4 is 5.73 Å². The molecule has 1 aromatic carbocycles. The number of nitrogens with zero attached hydrogens (tertiary/aromatic N) is 2. The van der Waals surface area contributed by atoms with E-state index in [1.54, 1.807) is 24.1 Å². The van der Waals surface area contributed by atoms with E-state index in [9.17, 15) is 4.79 Å². The van der Waals surface area contributed by atoms with E-state index in [0.717, 1.165) is 19.5 Å². The van der Waals surface area contributed by atoms with Gasteiger partial charge in [-0.2, -0.15) is 0 Å². The van der Waals surface area contributed by atoms with E-state index in [-0.39, 0.29) is 10.9 Å². The van der Waals surface area contributed by atoms with Gasteiger partial charge in [0.1, 0.15) is 0 Å². The third-order valence-corrected chi connectivity index (χ3v) is 4.82. The molecule has 2 N–H and O–H groups in total. The second kappa shape index (κ2) is 6.86. The summed E-state index contributed by atoms with van der Waals surface area (Å²) >= 11 is 12.1. The van der Waals surface area contributed by atoms with E-state index in [0.29, 0.717) is 28.9 Å². The van der Waals surface area contributed by atoms with E-state index < -0.39 is 0 Å². The van der Waals surface area contributed by atoms with Crippen molar-refractivity contribution in [1.29, 1.82) is 0 Å². The van der Waals surface area contributed by atoms with Crippen LogP contribution >= 0.6 is 23.2 Å². The molecule has 0 spiro atoms. The van der Waals surface area contributed by atoms with Crippen molar-refractivity contribution in [3.63, 3.8) is 0 Å². The summed E-state index contributed by atoms with van der Waals surface area (Å²) in [5.74, 6) is -0.142. The number of carbonyl (C=O) groups excluding carboxylic acids is 1. The van der Waals surface area contributed by atoms with Crippen molar-refractivity contribution >= 4 is 34.8 Å². The molecule has 1 aliphatic rings. The number of carbonyl (C=O) groups is 1. The van der Waals surface area contributed by atoms with Crippen LogP contribution in [0.2, 0.25) is 10.0 Å². The van der Waals surface area contributed by atoms with Gasteiger partial charge in [-0.15, -0.1) is 0 Å². The predicted molar refractivity (Wildman–Crippen MR) is 88.1 cm³/mol. The molecule has 21 heavy (non-hydrogen) atoms. The molecule has 6 heteroatoms. The highest BCUT2D eigenvalue weighted by molar-refractivity contribution is 6.44. The van der Waals surface area contributed by atoms with Crippen LogP contribution in [0, 0.1) is 0 Å². The summed E-state index contributed by atoms with van der Waals surface area (Å²) < 4.78 is 0. The number of amides is 1. The van der Waals surface area contributed by atoms with Gasteiger partial charge in [0.05, 0.1) is 15.6 Å². The Morgan fingerprint density at radius 2 is 2.19 bits per heavy atom. The van der Waals surface area contributed by atoms with Crippen LogP contribution in [-0.2, 0) is 0 Å². The highest BCUT2D eigenvalue weighted by atomic mass is 35.5. The number of hydrogen-bond donors (Lipinski definition) is 1. The quantitative estimate of drug-likeness (QED) is 0.863. The third kappa shape index (κ3) is 3.62. The van der Waals surface area contributed by atoms with Crippen LogP contribution in [0.4, 0.5) is 5.69 Å². The molecule has 1 aromatic rings. The van der Waals surface area contributed by atoms with Gasteiger partial charge in [0, 0.05) is 25.3 Å². The van der Waals surface area contributed by atoms with E-state index in [2.05, 4.69) is 11.8 Å². The Balaban J connectivity index is 2.12. The van der Waals surface area contributed by atoms with Crippen LogP contribution in [0.25, 0.3) is 0 Å². The Hall–Kier alpha value is -0.970. The SMILES string of the molecule is CCN1CCCC1CN(C)C(=O)c1cc(N)cc(Cl)c1Cl. The van der Waals surface area contributed by atoms with E-state index in [4.69, 9.17) is 28.9 Å². The van der Waals surface area contributed by atoms with Crippen LogP contribution in [0.3, 0.4) is 0 Å². The lowest BCUT2D eigenvalue weighted by Crippen LogP contribution is -2.41. The van der Waals surface area contributed by atoms with Gasteiger partial charge in [-0.05, 0) is 38.1 Å². The van der Waals surface area contributed by atoms with E-state index in [1.807, 2.05) is 0 Å². The van der Waals surface area contributed by atoms with Gasteiger partial charge in [-0.1, -0.05) is 30.1 Å². The number of likely N-dealkylation sites (N-methyl/N-ethyl adjacent to an activating group) is 2. The van der Waals surface area contributed by atoms with Gasteiger partial charge >= 0.3 is 0 Å². The molecule has 1 unspecified atom stereocenters. The zero-order valence-corrected chi connectivity index (χ0v) is 13.9. The molecule has 1 fully saturated rings. The molecule has 2 rings (SSSR count). The van der Waals surface area contributed by atoms with Crippen molar-refractivity contribution in [3.05, 3.63) is 27.7 Å². The van der Waals surface area contributed by atoms with Gasteiger partial charge in [0.15, 0.2) is 0 Å². The Morgan fingerprint density at radius 3 is 2.86 bits per heavy atom. The smallest absolute Gasteiger partial charge is 0.255 e. The van der Waals surface area contributed by atoms with Crippen molar-refractivity contribution in [3.8, 4) is 0 Å². The maximum atomic E-state index is 12.6. The van der Waals surface area contributed by atoms with Crippen LogP contribution in [0.1, 0.15) is 30.1 Å². The first-order chi connectivity index (χ1) is 9.93. The fourth-order valence-corrected chi connectivity index (χ4v) is 3.31. The Labute approximate surface area is 135 Å². The molecule has 1 atom stereocenters. The topological polar surface area (TPSA) is 49.6 Å². The highest BCUT2D eigenvalue weighted by Crippen LogP contribution is 2.29. The first kappa shape index (κ1) is 16.4. The molecule has 1 saturated heterocycles. The van der Waals surface area contributed by atoms with Gasteiger partial charge in [-0.3, -0.25) is 9.69 Å². The lowest BCUT2D eigenvalue weighted by atomic mass is 10.1. The zero-order chi connectivity index (χ0) is 15.6. The summed E-state index contributed by atoms with van der Waals surface area (Å²) in [5, 5.41) is 0.575. The number of likely N-dealkylation sites (tertiary alicyclic amines) is 1. The Morgan fingerprint density at radius 1 is 1.48 bits per heavy atom. The summed E-state index contributed by atoms with van der Waals surface area (Å²) in [6, 6.07) is 3.55. The van der Waals surface area contributed by atoms with Crippen LogP contribution in [-0.4, -0.2) is 48.4 Å². The number of benzene rings is 1. The number of rotatable bonds is 4. The fraction of sp³-hybridized carbons (Fsp3) is 0.533. The lowest BCUT2D eigenvalue weighted by Gasteiger charge is -2.28. The molecule has 116 valence electrons. The largest absolute Gasteiger partial charge is 0.399 e. The molecule has 1 aliphatic heterocycles. The lowest BCUT2D eigenvalue weighted by molar-refractivity contribution is 0.0755. The van der Waals surface area contributed by atoms with Crippen LogP contribution in [0.5, 0.6) is 0 Å². The van der Waals surface area contributed by atoms with Gasteiger partial charge < -0.3 is 10.6 Å². The summed E-state index contributed by atoms with van der Waals surface area (Å²) in [6.45, 7) is 4.95. The molecule has 0 aromatic heterocycles. The average molecular weight is 330 g/mol. The Bertz CT molecular complexity index is 536. The fourth-order valence-electron chi connectivity index (χ4n) is 2.89. The normalized spacial score (nSPS) is 19.0. The van der Waals surface area contributed by atoms with Crippen molar-refractivity contribution < 1.29 is 4.79 Å². The summed E-state index contributed by atoms with van der Waals surface area (Å²) in [5.41, 5.74) is 6.56. The molecule has 0 aliphatic carbocycles. The molecule has 4 nitrogen and oxygen atoms in total. The molecule has 1 heterocycles. The number of anilines is 1. The minimum absolute atomic E-state index is 0.142. The van der Waals surface area contributed by atoms with Gasteiger partial charge in [0.2, 0.25) is 0 Å². The van der Waals surface area contributed by atoms with Crippen molar-refractivity contribution in [1.82, 2.24) is 9.80 Å². The number of nitrogen functional groups attached to an aromatic ring is 1. The summed E-state index contributed by atoms with van der Waals surface area (Å²) in [7, 11) is 1.79. The van der Waals surface area contributed by atoms with Crippen molar-refractivity contribution in [2.45, 2.75) is 25.8 Å². The maximum absolute atomic E-state index is 12.6. The average Bonchev–Trinajstić information content (AvgIpc) is 2.89. The minimum atomic E-state index is -0.142. The molecular weight excluding hydrogens is 309 g/mol. The second-order valence-corrected chi connectivity index (χ2v) is 6.26. The van der Waals surface area contributed by atoms with Gasteiger partial charge in [-0.25, -0.2) is 0 Å². The van der Waals surface area contributed by atoms with Crippen molar-refractivity contribution in [2.24, 2.45) is 0 Å². The van der Waals surface area contributed by atoms with Crippen LogP contribution in [0.15, 0.2) is 12.1 Å². The monoisotopic (exact) mass is 329 g/mol. The molecular formula is C15H21Cl2N3O. The maximum Gasteiger partial charge on any atom is 0.255 e. The Kier molecular flexibility index (Phi) is 5.36. The standard InChI is InChI=1S/C15H21Cl2N3O/c1-3-20-6-4-5-11(20)9-19(2)15(21)12-7-10(18)8-13(16)14(12)17/h7-8,11H,3-6,9,18H2,1-2H3. The molecule has 0 bridgehead atoms. The van der Waals surface area contributed by atoms with E-state index in [1.165, 1.54) is 6.42 Å².